The van der Waals surface area contributed by atoms with E-state index in [1.165, 1.54) is 0 Å². The maximum atomic E-state index is 12.4. The number of hydrogen-bond donors (Lipinski definition) is 1. The minimum atomic E-state index is -3.19. The molecule has 108 valence electrons. The van der Waals surface area contributed by atoms with Crippen molar-refractivity contribution in [3.8, 4) is 0 Å². The van der Waals surface area contributed by atoms with Gasteiger partial charge in [0, 0.05) is 25.7 Å². The molecule has 2 heterocycles. The zero-order chi connectivity index (χ0) is 12.5. The summed E-state index contributed by atoms with van der Waals surface area (Å²) < 4.78 is 31.7. The third-order valence-electron chi connectivity index (χ3n) is 3.83. The standard InChI is InChI=1S/C11H22N2O3S.ClH/c1-9-7-13(5-4-11(9)12)17(14,15)10-3-2-6-16-8-10;/h9-11H,2-8,12H2,1H3;1H. The molecule has 3 atom stereocenters. The molecule has 3 unspecified atom stereocenters. The van der Waals surface area contributed by atoms with E-state index in [4.69, 9.17) is 10.5 Å². The molecule has 2 N–H and O–H groups in total. The zero-order valence-electron chi connectivity index (χ0n) is 10.7. The third kappa shape index (κ3) is 3.36. The fourth-order valence-electron chi connectivity index (χ4n) is 2.51. The van der Waals surface area contributed by atoms with Gasteiger partial charge in [-0.05, 0) is 25.2 Å². The van der Waals surface area contributed by atoms with Crippen molar-refractivity contribution in [1.82, 2.24) is 4.31 Å². The number of nitrogens with zero attached hydrogens (tertiary/aromatic N) is 1. The van der Waals surface area contributed by atoms with Crippen LogP contribution in [0, 0.1) is 5.92 Å². The van der Waals surface area contributed by atoms with Gasteiger partial charge in [-0.2, -0.15) is 0 Å². The molecule has 2 fully saturated rings. The van der Waals surface area contributed by atoms with E-state index in [2.05, 4.69) is 0 Å². The smallest absolute Gasteiger partial charge is 0.219 e. The fourth-order valence-corrected chi connectivity index (χ4v) is 4.47. The van der Waals surface area contributed by atoms with Gasteiger partial charge in [-0.15, -0.1) is 12.4 Å². The predicted octanol–water partition coefficient (Wildman–Crippen LogP) is 0.586. The summed E-state index contributed by atoms with van der Waals surface area (Å²) in [6.45, 7) is 4.17. The van der Waals surface area contributed by atoms with Crippen LogP contribution in [0.15, 0.2) is 0 Å². The summed E-state index contributed by atoms with van der Waals surface area (Å²) in [5.41, 5.74) is 5.92. The van der Waals surface area contributed by atoms with Crippen molar-refractivity contribution in [3.05, 3.63) is 0 Å². The monoisotopic (exact) mass is 298 g/mol. The van der Waals surface area contributed by atoms with Crippen LogP contribution in [0.3, 0.4) is 0 Å². The highest BCUT2D eigenvalue weighted by Gasteiger charge is 2.37. The molecule has 0 bridgehead atoms. The molecular formula is C11H23ClN2O3S. The van der Waals surface area contributed by atoms with Crippen molar-refractivity contribution in [2.75, 3.05) is 26.3 Å². The van der Waals surface area contributed by atoms with Gasteiger partial charge in [-0.1, -0.05) is 6.92 Å². The lowest BCUT2D eigenvalue weighted by Gasteiger charge is -2.37. The molecule has 18 heavy (non-hydrogen) atoms. The van der Waals surface area contributed by atoms with Crippen LogP contribution in [0.1, 0.15) is 26.2 Å². The summed E-state index contributed by atoms with van der Waals surface area (Å²) >= 11 is 0. The lowest BCUT2D eigenvalue weighted by molar-refractivity contribution is 0.0966. The van der Waals surface area contributed by atoms with E-state index in [9.17, 15) is 8.42 Å². The highest BCUT2D eigenvalue weighted by molar-refractivity contribution is 7.89. The van der Waals surface area contributed by atoms with Gasteiger partial charge in [0.1, 0.15) is 0 Å². The first kappa shape index (κ1) is 16.2. The van der Waals surface area contributed by atoms with E-state index < -0.39 is 10.0 Å². The molecule has 0 radical (unpaired) electrons. The molecule has 0 aromatic rings. The fraction of sp³-hybridized carbons (Fsp3) is 1.00. The maximum Gasteiger partial charge on any atom is 0.219 e. The molecule has 2 aliphatic rings. The molecule has 0 aromatic heterocycles. The van der Waals surface area contributed by atoms with Gasteiger partial charge in [0.05, 0.1) is 11.9 Å². The largest absolute Gasteiger partial charge is 0.380 e. The van der Waals surface area contributed by atoms with E-state index in [1.807, 2.05) is 6.92 Å². The van der Waals surface area contributed by atoms with E-state index in [-0.39, 0.29) is 29.6 Å². The summed E-state index contributed by atoms with van der Waals surface area (Å²) in [5, 5.41) is -0.349. The van der Waals surface area contributed by atoms with Crippen LogP contribution in [-0.2, 0) is 14.8 Å². The van der Waals surface area contributed by atoms with E-state index in [0.29, 0.717) is 26.3 Å². The zero-order valence-corrected chi connectivity index (χ0v) is 12.4. The Labute approximate surface area is 116 Å². The highest BCUT2D eigenvalue weighted by Crippen LogP contribution is 2.24. The average Bonchev–Trinajstić information content (AvgIpc) is 2.33. The third-order valence-corrected chi connectivity index (χ3v) is 6.10. The van der Waals surface area contributed by atoms with Gasteiger partial charge in [-0.3, -0.25) is 0 Å². The molecule has 0 amide bonds. The van der Waals surface area contributed by atoms with Crippen molar-refractivity contribution in [1.29, 1.82) is 0 Å². The van der Waals surface area contributed by atoms with E-state index >= 15 is 0 Å². The summed E-state index contributed by atoms with van der Waals surface area (Å²) in [7, 11) is -3.19. The Hall–Kier alpha value is 0.120. The first-order valence-electron chi connectivity index (χ1n) is 6.34. The minimum absolute atomic E-state index is 0. The van der Waals surface area contributed by atoms with Crippen molar-refractivity contribution in [3.63, 3.8) is 0 Å². The predicted molar refractivity (Wildman–Crippen MR) is 73.3 cm³/mol. The number of piperidine rings is 1. The quantitative estimate of drug-likeness (QED) is 0.810. The second kappa shape index (κ2) is 6.52. The SMILES string of the molecule is CC1CN(S(=O)(=O)C2CCCOC2)CCC1N.Cl. The molecule has 0 spiro atoms. The summed E-state index contributed by atoms with van der Waals surface area (Å²) in [6, 6.07) is 0.129. The first-order valence-corrected chi connectivity index (χ1v) is 7.84. The summed E-state index contributed by atoms with van der Waals surface area (Å²) in [6.07, 6.45) is 2.32. The van der Waals surface area contributed by atoms with Gasteiger partial charge in [0.2, 0.25) is 10.0 Å². The number of hydrogen-bond acceptors (Lipinski definition) is 4. The first-order chi connectivity index (χ1) is 8.01. The topological polar surface area (TPSA) is 72.6 Å². The van der Waals surface area contributed by atoms with Crippen LogP contribution in [0.5, 0.6) is 0 Å². The minimum Gasteiger partial charge on any atom is -0.380 e. The Balaban J connectivity index is 0.00000162. The second-order valence-electron chi connectivity index (χ2n) is 5.17. The van der Waals surface area contributed by atoms with Crippen LogP contribution >= 0.6 is 12.4 Å². The van der Waals surface area contributed by atoms with Crippen LogP contribution in [0.25, 0.3) is 0 Å². The number of rotatable bonds is 2. The number of sulfonamides is 1. The molecule has 2 aliphatic heterocycles. The average molecular weight is 299 g/mol. The van der Waals surface area contributed by atoms with Gasteiger partial charge in [0.25, 0.3) is 0 Å². The summed E-state index contributed by atoms with van der Waals surface area (Å²) in [5.74, 6) is 0.239. The maximum absolute atomic E-state index is 12.4. The lowest BCUT2D eigenvalue weighted by atomic mass is 9.96. The van der Waals surface area contributed by atoms with Crippen molar-refractivity contribution in [2.24, 2.45) is 11.7 Å². The van der Waals surface area contributed by atoms with Crippen LogP contribution in [0.2, 0.25) is 0 Å². The van der Waals surface area contributed by atoms with Crippen molar-refractivity contribution in [2.45, 2.75) is 37.5 Å². The van der Waals surface area contributed by atoms with Crippen LogP contribution < -0.4 is 5.73 Å². The van der Waals surface area contributed by atoms with E-state index in [1.54, 1.807) is 4.31 Å². The Morgan fingerprint density at radius 3 is 2.61 bits per heavy atom. The molecule has 2 saturated heterocycles. The highest BCUT2D eigenvalue weighted by atomic mass is 35.5. The van der Waals surface area contributed by atoms with Gasteiger partial charge in [-0.25, -0.2) is 12.7 Å². The van der Waals surface area contributed by atoms with Crippen LogP contribution in [-0.4, -0.2) is 50.3 Å². The molecule has 0 saturated carbocycles. The molecule has 5 nitrogen and oxygen atoms in total. The van der Waals surface area contributed by atoms with E-state index in [0.717, 1.165) is 19.3 Å². The van der Waals surface area contributed by atoms with Gasteiger partial charge < -0.3 is 10.5 Å². The Morgan fingerprint density at radius 2 is 2.06 bits per heavy atom. The summed E-state index contributed by atoms with van der Waals surface area (Å²) in [4.78, 5) is 0. The Kier molecular flexibility index (Phi) is 5.86. The Morgan fingerprint density at radius 1 is 1.33 bits per heavy atom. The lowest BCUT2D eigenvalue weighted by Crippen LogP contribution is -2.51. The molecule has 2 rings (SSSR count). The van der Waals surface area contributed by atoms with Crippen LogP contribution in [0.4, 0.5) is 0 Å². The second-order valence-corrected chi connectivity index (χ2v) is 7.38. The molecule has 0 aromatic carbocycles. The van der Waals surface area contributed by atoms with Gasteiger partial charge in [0.15, 0.2) is 0 Å². The van der Waals surface area contributed by atoms with Crippen molar-refractivity contribution >= 4 is 22.4 Å². The molecular weight excluding hydrogens is 276 g/mol. The van der Waals surface area contributed by atoms with Crippen molar-refractivity contribution < 1.29 is 13.2 Å². The number of halogens is 1. The normalized spacial score (nSPS) is 34.9. The molecule has 7 heteroatoms. The number of ether oxygens (including phenoxy) is 1. The van der Waals surface area contributed by atoms with Gasteiger partial charge >= 0.3 is 0 Å². The Bertz CT molecular complexity index is 357. The number of nitrogens with two attached hydrogens (primary N) is 1. The molecule has 0 aliphatic carbocycles.